The monoisotopic (exact) mass is 283 g/mol. The van der Waals surface area contributed by atoms with E-state index in [0.29, 0.717) is 4.73 Å². The molecular weight excluding hydrogens is 274 g/mol. The van der Waals surface area contributed by atoms with Crippen LogP contribution >= 0.6 is 15.9 Å². The molecule has 84 valence electrons. The van der Waals surface area contributed by atoms with Gasteiger partial charge in [-0.25, -0.2) is 15.0 Å². The van der Waals surface area contributed by atoms with Crippen LogP contribution in [0, 0.1) is 0 Å². The molecular formula is C9H10BrN5O. The predicted molar refractivity (Wildman–Crippen MR) is 62.4 cm³/mol. The molecule has 0 radical (unpaired) electrons. The van der Waals surface area contributed by atoms with Crippen LogP contribution in [-0.2, 0) is 4.74 Å². The molecule has 2 aromatic heterocycles. The molecule has 1 aliphatic rings. The van der Waals surface area contributed by atoms with Crippen molar-refractivity contribution in [3.63, 3.8) is 0 Å². The SMILES string of the molecule is Brc1nc2c(N3CCOCC3)ncnc2[nH]1. The van der Waals surface area contributed by atoms with Crippen molar-refractivity contribution in [2.45, 2.75) is 0 Å². The van der Waals surface area contributed by atoms with Crippen molar-refractivity contribution in [2.75, 3.05) is 31.2 Å². The average molecular weight is 284 g/mol. The lowest BCUT2D eigenvalue weighted by Gasteiger charge is -2.27. The van der Waals surface area contributed by atoms with Crippen molar-refractivity contribution < 1.29 is 4.74 Å². The Kier molecular flexibility index (Phi) is 2.49. The molecule has 6 nitrogen and oxygen atoms in total. The van der Waals surface area contributed by atoms with E-state index in [1.807, 2.05) is 0 Å². The number of nitrogens with one attached hydrogen (secondary N) is 1. The third-order valence-corrected chi connectivity index (χ3v) is 2.92. The number of halogens is 1. The summed E-state index contributed by atoms with van der Waals surface area (Å²) < 4.78 is 5.99. The maximum atomic E-state index is 5.32. The van der Waals surface area contributed by atoms with Crippen LogP contribution < -0.4 is 4.90 Å². The van der Waals surface area contributed by atoms with Crippen LogP contribution in [0.2, 0.25) is 0 Å². The Hall–Kier alpha value is -1.21. The van der Waals surface area contributed by atoms with Crippen molar-refractivity contribution in [2.24, 2.45) is 0 Å². The largest absolute Gasteiger partial charge is 0.378 e. The van der Waals surface area contributed by atoms with E-state index < -0.39 is 0 Å². The first kappa shape index (κ1) is 9.98. The Bertz CT molecular complexity index is 508. The molecule has 1 saturated heterocycles. The molecule has 2 aromatic rings. The highest BCUT2D eigenvalue weighted by Gasteiger charge is 2.17. The first-order valence-corrected chi connectivity index (χ1v) is 5.83. The molecule has 1 aliphatic heterocycles. The maximum absolute atomic E-state index is 5.32. The van der Waals surface area contributed by atoms with Gasteiger partial charge in [-0.1, -0.05) is 0 Å². The third-order valence-electron chi connectivity index (χ3n) is 2.55. The van der Waals surface area contributed by atoms with Gasteiger partial charge in [-0.2, -0.15) is 0 Å². The number of aromatic amines is 1. The van der Waals surface area contributed by atoms with Crippen LogP contribution in [0.1, 0.15) is 0 Å². The van der Waals surface area contributed by atoms with E-state index >= 15 is 0 Å². The number of nitrogens with zero attached hydrogens (tertiary/aromatic N) is 4. The standard InChI is InChI=1S/C9H10BrN5O/c10-9-13-6-7(14-9)11-5-12-8(6)15-1-3-16-4-2-15/h5H,1-4H2,(H,11,12,13,14). The number of imidazole rings is 1. The molecule has 0 aromatic carbocycles. The van der Waals surface area contributed by atoms with E-state index in [4.69, 9.17) is 4.74 Å². The topological polar surface area (TPSA) is 66.9 Å². The zero-order chi connectivity index (χ0) is 11.0. The van der Waals surface area contributed by atoms with Gasteiger partial charge >= 0.3 is 0 Å². The summed E-state index contributed by atoms with van der Waals surface area (Å²) in [6.07, 6.45) is 1.55. The van der Waals surface area contributed by atoms with Crippen molar-refractivity contribution in [1.29, 1.82) is 0 Å². The Labute approximate surface area is 100 Å². The van der Waals surface area contributed by atoms with Crippen LogP contribution in [-0.4, -0.2) is 46.2 Å². The van der Waals surface area contributed by atoms with Gasteiger partial charge in [0.25, 0.3) is 0 Å². The Balaban J connectivity index is 2.07. The third kappa shape index (κ3) is 1.65. The highest BCUT2D eigenvalue weighted by Crippen LogP contribution is 2.22. The Morgan fingerprint density at radius 2 is 2.12 bits per heavy atom. The zero-order valence-corrected chi connectivity index (χ0v) is 10.1. The lowest BCUT2D eigenvalue weighted by molar-refractivity contribution is 0.122. The van der Waals surface area contributed by atoms with Gasteiger partial charge in [-0.15, -0.1) is 0 Å². The van der Waals surface area contributed by atoms with E-state index in [1.165, 1.54) is 0 Å². The van der Waals surface area contributed by atoms with Gasteiger partial charge < -0.3 is 14.6 Å². The van der Waals surface area contributed by atoms with Crippen LogP contribution in [0.4, 0.5) is 5.82 Å². The molecule has 0 bridgehead atoms. The second kappa shape index (κ2) is 3.99. The molecule has 0 spiro atoms. The van der Waals surface area contributed by atoms with Gasteiger partial charge in [0.05, 0.1) is 13.2 Å². The van der Waals surface area contributed by atoms with E-state index in [1.54, 1.807) is 6.33 Å². The molecule has 1 N–H and O–H groups in total. The molecule has 3 rings (SSSR count). The lowest BCUT2D eigenvalue weighted by atomic mass is 10.4. The molecule has 0 atom stereocenters. The van der Waals surface area contributed by atoms with Gasteiger partial charge in [0.15, 0.2) is 21.7 Å². The normalized spacial score (nSPS) is 16.9. The predicted octanol–water partition coefficient (Wildman–Crippen LogP) is 0.952. The number of rotatable bonds is 1. The second-order valence-electron chi connectivity index (χ2n) is 3.52. The molecule has 3 heterocycles. The van der Waals surface area contributed by atoms with Crippen LogP contribution in [0.25, 0.3) is 11.2 Å². The molecule has 0 unspecified atom stereocenters. The summed E-state index contributed by atoms with van der Waals surface area (Å²) in [4.78, 5) is 18.0. The lowest BCUT2D eigenvalue weighted by Crippen LogP contribution is -2.36. The van der Waals surface area contributed by atoms with Crippen molar-refractivity contribution in [3.05, 3.63) is 11.1 Å². The number of morpholine rings is 1. The van der Waals surface area contributed by atoms with E-state index in [-0.39, 0.29) is 0 Å². The smallest absolute Gasteiger partial charge is 0.176 e. The molecule has 7 heteroatoms. The number of hydrogen-bond acceptors (Lipinski definition) is 5. The quantitative estimate of drug-likeness (QED) is 0.790. The van der Waals surface area contributed by atoms with Crippen LogP contribution in [0.5, 0.6) is 0 Å². The number of H-pyrrole nitrogens is 1. The summed E-state index contributed by atoms with van der Waals surface area (Å²) in [7, 11) is 0. The first-order valence-electron chi connectivity index (χ1n) is 5.03. The minimum atomic E-state index is 0.678. The first-order chi connectivity index (χ1) is 7.84. The highest BCUT2D eigenvalue weighted by molar-refractivity contribution is 9.10. The zero-order valence-electron chi connectivity index (χ0n) is 8.48. The van der Waals surface area contributed by atoms with Gasteiger partial charge in [-0.05, 0) is 15.9 Å². The molecule has 16 heavy (non-hydrogen) atoms. The summed E-state index contributed by atoms with van der Waals surface area (Å²) in [6.45, 7) is 3.15. The summed E-state index contributed by atoms with van der Waals surface area (Å²) in [6, 6.07) is 0. The van der Waals surface area contributed by atoms with Gasteiger partial charge in [-0.3, -0.25) is 0 Å². The van der Waals surface area contributed by atoms with Gasteiger partial charge in [0.2, 0.25) is 0 Å². The fourth-order valence-electron chi connectivity index (χ4n) is 1.79. The van der Waals surface area contributed by atoms with Crippen molar-refractivity contribution >= 4 is 32.9 Å². The van der Waals surface area contributed by atoms with E-state index in [9.17, 15) is 0 Å². The Morgan fingerprint density at radius 1 is 1.31 bits per heavy atom. The number of ether oxygens (including phenoxy) is 1. The summed E-state index contributed by atoms with van der Waals surface area (Å²) in [5.74, 6) is 0.871. The molecule has 0 amide bonds. The van der Waals surface area contributed by atoms with Gasteiger partial charge in [0.1, 0.15) is 6.33 Å². The summed E-state index contributed by atoms with van der Waals surface area (Å²) in [5, 5.41) is 0. The fraction of sp³-hybridized carbons (Fsp3) is 0.444. The van der Waals surface area contributed by atoms with Crippen molar-refractivity contribution in [3.8, 4) is 0 Å². The molecule has 0 saturated carbocycles. The highest BCUT2D eigenvalue weighted by atomic mass is 79.9. The van der Waals surface area contributed by atoms with E-state index in [2.05, 4.69) is 40.8 Å². The maximum Gasteiger partial charge on any atom is 0.176 e. The van der Waals surface area contributed by atoms with Crippen molar-refractivity contribution in [1.82, 2.24) is 19.9 Å². The van der Waals surface area contributed by atoms with Crippen LogP contribution in [0.15, 0.2) is 11.1 Å². The van der Waals surface area contributed by atoms with Gasteiger partial charge in [0, 0.05) is 13.1 Å². The minimum Gasteiger partial charge on any atom is -0.378 e. The Morgan fingerprint density at radius 3 is 2.94 bits per heavy atom. The fourth-order valence-corrected chi connectivity index (χ4v) is 2.16. The number of aromatic nitrogens is 4. The summed E-state index contributed by atoms with van der Waals surface area (Å²) in [5.41, 5.74) is 1.56. The van der Waals surface area contributed by atoms with E-state index in [0.717, 1.165) is 43.3 Å². The average Bonchev–Trinajstić information content (AvgIpc) is 2.70. The second-order valence-corrected chi connectivity index (χ2v) is 4.27. The molecule has 0 aliphatic carbocycles. The van der Waals surface area contributed by atoms with Crippen LogP contribution in [0.3, 0.4) is 0 Å². The number of anilines is 1. The number of fused-ring (bicyclic) bond motifs is 1. The summed E-state index contributed by atoms with van der Waals surface area (Å²) >= 11 is 3.31. The molecule has 1 fully saturated rings. The minimum absolute atomic E-state index is 0.678. The number of hydrogen-bond donors (Lipinski definition) is 1.